The fourth-order valence-electron chi connectivity index (χ4n) is 3.29. The monoisotopic (exact) mass is 397 g/mol. The van der Waals surface area contributed by atoms with Crippen LogP contribution in [0.2, 0.25) is 0 Å². The van der Waals surface area contributed by atoms with Crippen molar-refractivity contribution >= 4 is 37.5 Å². The van der Waals surface area contributed by atoms with Crippen LogP contribution < -0.4 is 9.54 Å². The Labute approximate surface area is 157 Å². The summed E-state index contributed by atoms with van der Waals surface area (Å²) in [7, 11) is -1.82. The van der Waals surface area contributed by atoms with Gasteiger partial charge in [-0.3, -0.25) is 4.79 Å². The number of benzene rings is 1. The van der Waals surface area contributed by atoms with Crippen molar-refractivity contribution in [3.05, 3.63) is 23.0 Å². The van der Waals surface area contributed by atoms with Gasteiger partial charge in [-0.1, -0.05) is 17.8 Å². The van der Waals surface area contributed by atoms with E-state index in [0.717, 1.165) is 35.1 Å². The van der Waals surface area contributed by atoms with E-state index >= 15 is 0 Å². The van der Waals surface area contributed by atoms with Gasteiger partial charge in [-0.2, -0.15) is 9.30 Å². The van der Waals surface area contributed by atoms with Gasteiger partial charge in [0.1, 0.15) is 11.8 Å². The zero-order valence-electron chi connectivity index (χ0n) is 15.1. The Hall–Kier alpha value is -1.71. The SMILES string of the molecule is CCn1c(=NC(=O)C2CCCCN2S(C)(=O)=O)sc2cc(OC)ccc21. The molecular formula is C17H23N3O4S2. The van der Waals surface area contributed by atoms with Crippen LogP contribution in [0.3, 0.4) is 0 Å². The number of hydrogen-bond acceptors (Lipinski definition) is 5. The summed E-state index contributed by atoms with van der Waals surface area (Å²) in [5, 5.41) is 0. The highest BCUT2D eigenvalue weighted by molar-refractivity contribution is 7.88. The van der Waals surface area contributed by atoms with Crippen LogP contribution in [0.1, 0.15) is 26.2 Å². The van der Waals surface area contributed by atoms with Crippen molar-refractivity contribution in [3.8, 4) is 5.75 Å². The Morgan fingerprint density at radius 2 is 2.15 bits per heavy atom. The van der Waals surface area contributed by atoms with Crippen molar-refractivity contribution in [1.82, 2.24) is 8.87 Å². The number of methoxy groups -OCH3 is 1. The number of fused-ring (bicyclic) bond motifs is 1. The Morgan fingerprint density at radius 1 is 1.38 bits per heavy atom. The van der Waals surface area contributed by atoms with E-state index in [2.05, 4.69) is 4.99 Å². The molecule has 0 aliphatic carbocycles. The minimum Gasteiger partial charge on any atom is -0.497 e. The molecule has 0 spiro atoms. The van der Waals surface area contributed by atoms with Crippen LogP contribution in [0.15, 0.2) is 23.2 Å². The maximum Gasteiger partial charge on any atom is 0.266 e. The highest BCUT2D eigenvalue weighted by atomic mass is 32.2. The van der Waals surface area contributed by atoms with E-state index in [9.17, 15) is 13.2 Å². The Kier molecular flexibility index (Phi) is 5.50. The molecule has 1 saturated heterocycles. The number of hydrogen-bond donors (Lipinski definition) is 0. The van der Waals surface area contributed by atoms with Crippen LogP contribution in [0, 0.1) is 0 Å². The molecule has 0 radical (unpaired) electrons. The average molecular weight is 398 g/mol. The second-order valence-electron chi connectivity index (χ2n) is 6.30. The van der Waals surface area contributed by atoms with Crippen molar-refractivity contribution < 1.29 is 17.9 Å². The van der Waals surface area contributed by atoms with Gasteiger partial charge in [-0.05, 0) is 38.0 Å². The number of nitrogens with zero attached hydrogens (tertiary/aromatic N) is 3. The summed E-state index contributed by atoms with van der Waals surface area (Å²) in [4.78, 5) is 17.7. The average Bonchev–Trinajstić information content (AvgIpc) is 2.96. The van der Waals surface area contributed by atoms with E-state index in [1.807, 2.05) is 29.7 Å². The van der Waals surface area contributed by atoms with Crippen molar-refractivity contribution in [1.29, 1.82) is 0 Å². The summed E-state index contributed by atoms with van der Waals surface area (Å²) < 4.78 is 33.5. The number of carbonyl (C=O) groups is 1. The lowest BCUT2D eigenvalue weighted by atomic mass is 10.0. The first-order chi connectivity index (χ1) is 12.3. The summed E-state index contributed by atoms with van der Waals surface area (Å²) in [6, 6.07) is 5.03. The predicted octanol–water partition coefficient (Wildman–Crippen LogP) is 1.97. The molecule has 1 unspecified atom stereocenters. The first-order valence-corrected chi connectivity index (χ1v) is 11.2. The molecule has 1 aliphatic heterocycles. The van der Waals surface area contributed by atoms with Gasteiger partial charge in [0, 0.05) is 13.1 Å². The molecule has 1 aromatic carbocycles. The molecule has 1 aromatic heterocycles. The minimum atomic E-state index is -3.43. The van der Waals surface area contributed by atoms with Gasteiger partial charge in [-0.15, -0.1) is 0 Å². The maximum absolute atomic E-state index is 12.8. The van der Waals surface area contributed by atoms with Crippen molar-refractivity contribution in [2.45, 2.75) is 38.8 Å². The second kappa shape index (κ2) is 7.50. The van der Waals surface area contributed by atoms with Gasteiger partial charge in [0.25, 0.3) is 5.91 Å². The lowest BCUT2D eigenvalue weighted by Gasteiger charge is -2.31. The Bertz CT molecular complexity index is 991. The summed E-state index contributed by atoms with van der Waals surface area (Å²) in [6.07, 6.45) is 3.26. The van der Waals surface area contributed by atoms with E-state index < -0.39 is 22.0 Å². The molecular weight excluding hydrogens is 374 g/mol. The molecule has 1 amide bonds. The number of carbonyl (C=O) groups excluding carboxylic acids is 1. The topological polar surface area (TPSA) is 81.0 Å². The first kappa shape index (κ1) is 19.1. The zero-order chi connectivity index (χ0) is 18.9. The van der Waals surface area contributed by atoms with E-state index in [4.69, 9.17) is 4.74 Å². The third kappa shape index (κ3) is 3.70. The molecule has 9 heteroatoms. The third-order valence-corrected chi connectivity index (χ3v) is 6.91. The third-order valence-electron chi connectivity index (χ3n) is 4.58. The predicted molar refractivity (Wildman–Crippen MR) is 102 cm³/mol. The molecule has 0 saturated carbocycles. The Morgan fingerprint density at radius 3 is 2.81 bits per heavy atom. The van der Waals surface area contributed by atoms with Crippen LogP contribution in [0.25, 0.3) is 10.2 Å². The quantitative estimate of drug-likeness (QED) is 0.790. The molecule has 3 rings (SSSR count). The van der Waals surface area contributed by atoms with E-state index in [1.54, 1.807) is 7.11 Å². The summed E-state index contributed by atoms with van der Waals surface area (Å²) in [5.41, 5.74) is 0.980. The number of sulfonamides is 1. The molecule has 0 N–H and O–H groups in total. The number of rotatable bonds is 4. The maximum atomic E-state index is 12.8. The number of thiazole rings is 1. The first-order valence-electron chi connectivity index (χ1n) is 8.58. The number of amides is 1. The fraction of sp³-hybridized carbons (Fsp3) is 0.529. The highest BCUT2D eigenvalue weighted by Crippen LogP contribution is 2.24. The number of ether oxygens (including phenoxy) is 1. The Balaban J connectivity index is 2.04. The van der Waals surface area contributed by atoms with Crippen molar-refractivity contribution in [3.63, 3.8) is 0 Å². The fourth-order valence-corrected chi connectivity index (χ4v) is 5.54. The molecule has 1 fully saturated rings. The van der Waals surface area contributed by atoms with Gasteiger partial charge in [0.15, 0.2) is 4.80 Å². The molecule has 7 nitrogen and oxygen atoms in total. The largest absolute Gasteiger partial charge is 0.497 e. The zero-order valence-corrected chi connectivity index (χ0v) is 16.8. The van der Waals surface area contributed by atoms with Crippen LogP contribution >= 0.6 is 11.3 Å². The number of aromatic nitrogens is 1. The molecule has 1 aliphatic rings. The van der Waals surface area contributed by atoms with Gasteiger partial charge in [-0.25, -0.2) is 8.42 Å². The van der Waals surface area contributed by atoms with Crippen LogP contribution in [0.4, 0.5) is 0 Å². The van der Waals surface area contributed by atoms with Gasteiger partial charge in [0.05, 0.1) is 23.6 Å². The number of aryl methyl sites for hydroxylation is 1. The van der Waals surface area contributed by atoms with Gasteiger partial charge in [0.2, 0.25) is 10.0 Å². The second-order valence-corrected chi connectivity index (χ2v) is 9.24. The highest BCUT2D eigenvalue weighted by Gasteiger charge is 2.34. The van der Waals surface area contributed by atoms with Crippen LogP contribution in [0.5, 0.6) is 5.75 Å². The number of piperidine rings is 1. The molecule has 0 bridgehead atoms. The van der Waals surface area contributed by atoms with Gasteiger partial charge >= 0.3 is 0 Å². The van der Waals surface area contributed by atoms with Gasteiger partial charge < -0.3 is 9.30 Å². The van der Waals surface area contributed by atoms with Crippen LogP contribution in [-0.2, 0) is 21.4 Å². The summed E-state index contributed by atoms with van der Waals surface area (Å²) in [6.45, 7) is 3.03. The molecule has 2 aromatic rings. The lowest BCUT2D eigenvalue weighted by Crippen LogP contribution is -2.47. The summed E-state index contributed by atoms with van der Waals surface area (Å²) in [5.74, 6) is 0.353. The lowest BCUT2D eigenvalue weighted by molar-refractivity contribution is -0.122. The van der Waals surface area contributed by atoms with Crippen LogP contribution in [-0.4, -0.2) is 49.1 Å². The van der Waals surface area contributed by atoms with E-state index in [0.29, 0.717) is 24.3 Å². The smallest absolute Gasteiger partial charge is 0.266 e. The molecule has 2 heterocycles. The van der Waals surface area contributed by atoms with Crippen molar-refractivity contribution in [2.75, 3.05) is 19.9 Å². The molecule has 142 valence electrons. The standard InChI is InChI=1S/C17H23N3O4S2/c1-4-19-13-9-8-12(24-2)11-15(13)25-17(19)18-16(21)14-7-5-6-10-20(14)26(3,22)23/h8-9,11,14H,4-7,10H2,1-3H3. The van der Waals surface area contributed by atoms with E-state index in [1.165, 1.54) is 15.6 Å². The van der Waals surface area contributed by atoms with E-state index in [-0.39, 0.29) is 0 Å². The summed E-state index contributed by atoms with van der Waals surface area (Å²) >= 11 is 1.41. The van der Waals surface area contributed by atoms with Crippen molar-refractivity contribution in [2.24, 2.45) is 4.99 Å². The molecule has 1 atom stereocenters. The minimum absolute atomic E-state index is 0.377. The molecule has 26 heavy (non-hydrogen) atoms. The normalized spacial score (nSPS) is 19.8.